The van der Waals surface area contributed by atoms with Gasteiger partial charge in [0.2, 0.25) is 11.1 Å². The lowest BCUT2D eigenvalue weighted by atomic mass is 10.1. The van der Waals surface area contributed by atoms with Crippen LogP contribution in [0.2, 0.25) is 10.0 Å². The SMILES string of the molecule is COc1ccc(-c2nnc(SCC(=O)NC(C)c3ccc(Cl)cc3Cl)n2N)cc1. The maximum absolute atomic E-state index is 12.3. The molecule has 0 aliphatic carbocycles. The number of methoxy groups -OCH3 is 1. The molecule has 1 atom stereocenters. The molecule has 1 amide bonds. The van der Waals surface area contributed by atoms with Gasteiger partial charge in [0, 0.05) is 15.6 Å². The summed E-state index contributed by atoms with van der Waals surface area (Å²) in [6, 6.07) is 12.2. The number of amides is 1. The second kappa shape index (κ2) is 9.39. The van der Waals surface area contributed by atoms with Crippen LogP contribution in [0.3, 0.4) is 0 Å². The van der Waals surface area contributed by atoms with Crippen LogP contribution in [0, 0.1) is 0 Å². The third-order valence-corrected chi connectivity index (χ3v) is 5.66. The Morgan fingerprint density at radius 3 is 2.62 bits per heavy atom. The number of nitrogens with one attached hydrogen (secondary N) is 1. The van der Waals surface area contributed by atoms with Gasteiger partial charge >= 0.3 is 0 Å². The van der Waals surface area contributed by atoms with E-state index in [2.05, 4.69) is 15.5 Å². The fourth-order valence-corrected chi connectivity index (χ4v) is 3.90. The monoisotopic (exact) mass is 451 g/mol. The lowest BCUT2D eigenvalue weighted by Crippen LogP contribution is -2.28. The zero-order valence-electron chi connectivity index (χ0n) is 15.7. The first-order chi connectivity index (χ1) is 13.9. The molecule has 3 rings (SSSR count). The number of benzene rings is 2. The lowest BCUT2D eigenvalue weighted by Gasteiger charge is -2.15. The van der Waals surface area contributed by atoms with Gasteiger partial charge in [-0.3, -0.25) is 4.79 Å². The minimum atomic E-state index is -0.265. The maximum atomic E-state index is 12.3. The van der Waals surface area contributed by atoms with Crippen molar-refractivity contribution in [1.82, 2.24) is 20.2 Å². The van der Waals surface area contributed by atoms with E-state index in [0.717, 1.165) is 16.9 Å². The fraction of sp³-hybridized carbons (Fsp3) is 0.211. The van der Waals surface area contributed by atoms with Gasteiger partial charge < -0.3 is 15.9 Å². The van der Waals surface area contributed by atoms with Crippen molar-refractivity contribution in [2.24, 2.45) is 0 Å². The Morgan fingerprint density at radius 1 is 1.24 bits per heavy atom. The molecular weight excluding hydrogens is 433 g/mol. The van der Waals surface area contributed by atoms with Gasteiger partial charge in [-0.15, -0.1) is 10.2 Å². The van der Waals surface area contributed by atoms with Gasteiger partial charge in [-0.2, -0.15) is 0 Å². The molecule has 29 heavy (non-hydrogen) atoms. The number of nitrogens with two attached hydrogens (primary N) is 1. The van der Waals surface area contributed by atoms with Crippen molar-refractivity contribution in [1.29, 1.82) is 0 Å². The van der Waals surface area contributed by atoms with Crippen molar-refractivity contribution in [2.75, 3.05) is 18.7 Å². The first-order valence-corrected chi connectivity index (χ1v) is 10.3. The molecular formula is C19H19Cl2N5O2S. The van der Waals surface area contributed by atoms with Crippen molar-refractivity contribution in [3.63, 3.8) is 0 Å². The van der Waals surface area contributed by atoms with Crippen LogP contribution in [0.5, 0.6) is 5.75 Å². The molecule has 0 saturated carbocycles. The number of ether oxygens (including phenoxy) is 1. The zero-order valence-corrected chi connectivity index (χ0v) is 18.1. The van der Waals surface area contributed by atoms with Crippen LogP contribution in [0.1, 0.15) is 18.5 Å². The van der Waals surface area contributed by atoms with E-state index >= 15 is 0 Å². The average molecular weight is 452 g/mol. The summed E-state index contributed by atoms with van der Waals surface area (Å²) in [5, 5.41) is 12.6. The summed E-state index contributed by atoms with van der Waals surface area (Å²) in [4.78, 5) is 12.3. The Balaban J connectivity index is 1.61. The Hall–Kier alpha value is -2.42. The topological polar surface area (TPSA) is 95.1 Å². The molecule has 0 aliphatic heterocycles. The zero-order chi connectivity index (χ0) is 21.0. The molecule has 0 radical (unpaired) electrons. The fourth-order valence-electron chi connectivity index (χ4n) is 2.66. The molecule has 152 valence electrons. The summed E-state index contributed by atoms with van der Waals surface area (Å²) < 4.78 is 6.51. The molecule has 1 heterocycles. The molecule has 0 bridgehead atoms. The predicted molar refractivity (Wildman–Crippen MR) is 116 cm³/mol. The second-order valence-corrected chi connectivity index (χ2v) is 7.93. The van der Waals surface area contributed by atoms with Crippen molar-refractivity contribution in [3.8, 4) is 17.1 Å². The van der Waals surface area contributed by atoms with Crippen LogP contribution in [0.4, 0.5) is 0 Å². The maximum Gasteiger partial charge on any atom is 0.230 e. The number of carbonyl (C=O) groups is 1. The number of aromatic nitrogens is 3. The Bertz CT molecular complexity index is 1010. The van der Waals surface area contributed by atoms with Gasteiger partial charge in [0.15, 0.2) is 5.82 Å². The van der Waals surface area contributed by atoms with E-state index in [9.17, 15) is 4.79 Å². The molecule has 1 unspecified atom stereocenters. The summed E-state index contributed by atoms with van der Waals surface area (Å²) in [7, 11) is 1.60. The summed E-state index contributed by atoms with van der Waals surface area (Å²) in [6.45, 7) is 1.85. The van der Waals surface area contributed by atoms with Gasteiger partial charge in [-0.1, -0.05) is 41.0 Å². The van der Waals surface area contributed by atoms with Crippen LogP contribution < -0.4 is 15.9 Å². The molecule has 10 heteroatoms. The van der Waals surface area contributed by atoms with E-state index in [0.29, 0.717) is 21.0 Å². The van der Waals surface area contributed by atoms with Gasteiger partial charge in [0.1, 0.15) is 5.75 Å². The van der Waals surface area contributed by atoms with Crippen LogP contribution in [-0.2, 0) is 4.79 Å². The van der Waals surface area contributed by atoms with E-state index in [1.807, 2.05) is 31.2 Å². The number of thioether (sulfide) groups is 1. The number of nitrogen functional groups attached to an aromatic ring is 1. The van der Waals surface area contributed by atoms with Crippen LogP contribution in [0.15, 0.2) is 47.6 Å². The molecule has 0 aliphatic rings. The highest BCUT2D eigenvalue weighted by atomic mass is 35.5. The minimum Gasteiger partial charge on any atom is -0.497 e. The number of hydrogen-bond donors (Lipinski definition) is 2. The molecule has 2 aromatic carbocycles. The first kappa shape index (κ1) is 21.3. The van der Waals surface area contributed by atoms with Crippen molar-refractivity contribution in [3.05, 3.63) is 58.1 Å². The number of rotatable bonds is 7. The van der Waals surface area contributed by atoms with Crippen LogP contribution >= 0.6 is 35.0 Å². The van der Waals surface area contributed by atoms with E-state index in [4.69, 9.17) is 33.8 Å². The third-order valence-electron chi connectivity index (χ3n) is 4.15. The molecule has 0 saturated heterocycles. The molecule has 7 nitrogen and oxygen atoms in total. The summed E-state index contributed by atoms with van der Waals surface area (Å²) in [5.41, 5.74) is 1.58. The molecule has 3 N–H and O–H groups in total. The molecule has 0 fully saturated rings. The standard InChI is InChI=1S/C19H19Cl2N5O2S/c1-11(15-8-5-13(20)9-16(15)21)23-17(27)10-29-19-25-24-18(26(19)22)12-3-6-14(28-2)7-4-12/h3-9,11H,10,22H2,1-2H3,(H,23,27). The summed E-state index contributed by atoms with van der Waals surface area (Å²) in [5.74, 6) is 7.28. The van der Waals surface area contributed by atoms with Crippen molar-refractivity contribution in [2.45, 2.75) is 18.1 Å². The van der Waals surface area contributed by atoms with Gasteiger partial charge in [-0.05, 0) is 48.9 Å². The molecule has 1 aromatic heterocycles. The van der Waals surface area contributed by atoms with E-state index in [-0.39, 0.29) is 17.7 Å². The highest BCUT2D eigenvalue weighted by Gasteiger charge is 2.16. The van der Waals surface area contributed by atoms with Crippen molar-refractivity contribution < 1.29 is 9.53 Å². The quantitative estimate of drug-likeness (QED) is 0.417. The first-order valence-electron chi connectivity index (χ1n) is 8.61. The lowest BCUT2D eigenvalue weighted by molar-refractivity contribution is -0.119. The van der Waals surface area contributed by atoms with E-state index in [1.54, 1.807) is 25.3 Å². The third kappa shape index (κ3) is 5.14. The number of carbonyl (C=O) groups excluding carboxylic acids is 1. The van der Waals surface area contributed by atoms with E-state index < -0.39 is 0 Å². The van der Waals surface area contributed by atoms with E-state index in [1.165, 1.54) is 16.4 Å². The Morgan fingerprint density at radius 2 is 1.97 bits per heavy atom. The Labute approximate surface area is 182 Å². The number of nitrogens with zero attached hydrogens (tertiary/aromatic N) is 3. The number of hydrogen-bond acceptors (Lipinski definition) is 6. The normalized spacial score (nSPS) is 11.9. The Kier molecular flexibility index (Phi) is 6.89. The highest BCUT2D eigenvalue weighted by Crippen LogP contribution is 2.27. The number of halogens is 2. The second-order valence-electron chi connectivity index (χ2n) is 6.15. The highest BCUT2D eigenvalue weighted by molar-refractivity contribution is 7.99. The van der Waals surface area contributed by atoms with Crippen LogP contribution in [-0.4, -0.2) is 33.6 Å². The largest absolute Gasteiger partial charge is 0.497 e. The van der Waals surface area contributed by atoms with Crippen LogP contribution in [0.25, 0.3) is 11.4 Å². The van der Waals surface area contributed by atoms with Gasteiger partial charge in [0.05, 0.1) is 18.9 Å². The summed E-state index contributed by atoms with van der Waals surface area (Å²) >= 11 is 13.3. The van der Waals surface area contributed by atoms with Gasteiger partial charge in [-0.25, -0.2) is 4.68 Å². The van der Waals surface area contributed by atoms with Gasteiger partial charge in [0.25, 0.3) is 0 Å². The molecule has 3 aromatic rings. The predicted octanol–water partition coefficient (Wildman–Crippen LogP) is 3.94. The van der Waals surface area contributed by atoms with Crippen molar-refractivity contribution >= 4 is 40.9 Å². The summed E-state index contributed by atoms with van der Waals surface area (Å²) in [6.07, 6.45) is 0. The minimum absolute atomic E-state index is 0.132. The molecule has 0 spiro atoms. The average Bonchev–Trinajstić information content (AvgIpc) is 3.06. The smallest absolute Gasteiger partial charge is 0.230 e.